The normalized spacial score (nSPS) is 12.2. The number of nitrogens with zero attached hydrogens (tertiary/aromatic N) is 3. The second kappa shape index (κ2) is 5.57. The first kappa shape index (κ1) is 13.8. The highest BCUT2D eigenvalue weighted by atomic mass is 16.2. The van der Waals surface area contributed by atoms with Gasteiger partial charge in [-0.15, -0.1) is 5.10 Å². The van der Waals surface area contributed by atoms with E-state index in [0.717, 1.165) is 19.5 Å². The first-order valence-electron chi connectivity index (χ1n) is 6.72. The van der Waals surface area contributed by atoms with Crippen molar-refractivity contribution in [3.05, 3.63) is 34.9 Å². The van der Waals surface area contributed by atoms with Crippen LogP contribution in [0.15, 0.2) is 29.2 Å². The molecule has 0 saturated carbocycles. The highest BCUT2D eigenvalue weighted by molar-refractivity contribution is 5.35. The molecule has 2 aromatic rings. The van der Waals surface area contributed by atoms with Gasteiger partial charge in [0.25, 0.3) is 0 Å². The van der Waals surface area contributed by atoms with Gasteiger partial charge in [0.1, 0.15) is 0 Å². The predicted molar refractivity (Wildman–Crippen MR) is 76.4 cm³/mol. The average molecular weight is 262 g/mol. The van der Waals surface area contributed by atoms with Crippen LogP contribution in [0.5, 0.6) is 0 Å². The number of pyridine rings is 1. The van der Waals surface area contributed by atoms with Gasteiger partial charge < -0.3 is 5.32 Å². The Morgan fingerprint density at radius 3 is 2.74 bits per heavy atom. The Labute approximate surface area is 113 Å². The van der Waals surface area contributed by atoms with Crippen LogP contribution in [-0.4, -0.2) is 27.3 Å². The van der Waals surface area contributed by atoms with E-state index in [1.54, 1.807) is 10.6 Å². The molecule has 5 nitrogen and oxygen atoms in total. The summed E-state index contributed by atoms with van der Waals surface area (Å²) in [5.41, 5.74) is 0.961. The molecule has 5 heteroatoms. The molecule has 0 bridgehead atoms. The van der Waals surface area contributed by atoms with Crippen molar-refractivity contribution in [1.82, 2.24) is 19.5 Å². The van der Waals surface area contributed by atoms with E-state index in [9.17, 15) is 4.79 Å². The van der Waals surface area contributed by atoms with Crippen molar-refractivity contribution in [3.63, 3.8) is 0 Å². The molecule has 0 aliphatic heterocycles. The summed E-state index contributed by atoms with van der Waals surface area (Å²) in [6.07, 6.45) is 2.86. The van der Waals surface area contributed by atoms with Crippen LogP contribution in [0.25, 0.3) is 5.65 Å². The molecule has 0 saturated heterocycles. The molecule has 0 aliphatic carbocycles. The summed E-state index contributed by atoms with van der Waals surface area (Å²) in [6, 6.07) is 5.56. The summed E-state index contributed by atoms with van der Waals surface area (Å²) in [4.78, 5) is 12.0. The molecule has 0 unspecified atom stereocenters. The van der Waals surface area contributed by atoms with Crippen LogP contribution >= 0.6 is 0 Å². The van der Waals surface area contributed by atoms with Crippen LogP contribution in [0, 0.1) is 5.41 Å². The Bertz CT molecular complexity index is 591. The molecule has 0 aromatic carbocycles. The Morgan fingerprint density at radius 2 is 2.05 bits per heavy atom. The first-order valence-corrected chi connectivity index (χ1v) is 6.72. The van der Waals surface area contributed by atoms with E-state index in [2.05, 4.69) is 31.2 Å². The van der Waals surface area contributed by atoms with Crippen LogP contribution in [0.3, 0.4) is 0 Å². The Kier molecular flexibility index (Phi) is 4.04. The second-order valence-corrected chi connectivity index (χ2v) is 6.00. The lowest BCUT2D eigenvalue weighted by Gasteiger charge is -2.17. The SMILES string of the molecule is CC(C)(C)CCNCCn1nc2ccccn2c1=O. The Hall–Kier alpha value is -1.62. The van der Waals surface area contributed by atoms with E-state index in [-0.39, 0.29) is 5.69 Å². The Balaban J connectivity index is 1.89. The van der Waals surface area contributed by atoms with Gasteiger partial charge in [-0.2, -0.15) is 0 Å². The van der Waals surface area contributed by atoms with Gasteiger partial charge in [0, 0.05) is 12.7 Å². The maximum Gasteiger partial charge on any atom is 0.350 e. The quantitative estimate of drug-likeness (QED) is 0.831. The lowest BCUT2D eigenvalue weighted by atomic mass is 9.92. The van der Waals surface area contributed by atoms with Crippen molar-refractivity contribution < 1.29 is 0 Å². The number of fused-ring (bicyclic) bond motifs is 1. The number of rotatable bonds is 5. The lowest BCUT2D eigenvalue weighted by Crippen LogP contribution is -2.29. The van der Waals surface area contributed by atoms with Crippen LogP contribution in [0.2, 0.25) is 0 Å². The lowest BCUT2D eigenvalue weighted by molar-refractivity contribution is 0.364. The van der Waals surface area contributed by atoms with Gasteiger partial charge in [-0.05, 0) is 30.5 Å². The molecule has 19 heavy (non-hydrogen) atoms. The number of nitrogens with one attached hydrogen (secondary N) is 1. The molecule has 2 heterocycles. The third kappa shape index (κ3) is 3.67. The van der Waals surface area contributed by atoms with Gasteiger partial charge in [0.15, 0.2) is 5.65 Å². The number of hydrogen-bond acceptors (Lipinski definition) is 3. The smallest absolute Gasteiger partial charge is 0.315 e. The van der Waals surface area contributed by atoms with Crippen LogP contribution in [0.1, 0.15) is 27.2 Å². The van der Waals surface area contributed by atoms with Crippen molar-refractivity contribution in [1.29, 1.82) is 0 Å². The minimum absolute atomic E-state index is 0.0757. The molecule has 2 aromatic heterocycles. The van der Waals surface area contributed by atoms with Crippen LogP contribution in [-0.2, 0) is 6.54 Å². The summed E-state index contributed by atoms with van der Waals surface area (Å²) in [5, 5.41) is 7.64. The highest BCUT2D eigenvalue weighted by Crippen LogP contribution is 2.16. The van der Waals surface area contributed by atoms with E-state index < -0.39 is 0 Å². The monoisotopic (exact) mass is 262 g/mol. The fourth-order valence-corrected chi connectivity index (χ4v) is 1.89. The molecular weight excluding hydrogens is 240 g/mol. The molecule has 0 spiro atoms. The molecule has 0 aliphatic rings. The third-order valence-electron chi connectivity index (χ3n) is 3.04. The summed E-state index contributed by atoms with van der Waals surface area (Å²) in [7, 11) is 0. The predicted octanol–water partition coefficient (Wildman–Crippen LogP) is 1.52. The fraction of sp³-hybridized carbons (Fsp3) is 0.571. The largest absolute Gasteiger partial charge is 0.350 e. The maximum absolute atomic E-state index is 12.0. The van der Waals surface area contributed by atoms with Gasteiger partial charge in [0.05, 0.1) is 6.54 Å². The molecule has 104 valence electrons. The fourth-order valence-electron chi connectivity index (χ4n) is 1.89. The molecule has 2 rings (SSSR count). The van der Waals surface area contributed by atoms with E-state index >= 15 is 0 Å². The number of hydrogen-bond donors (Lipinski definition) is 1. The minimum Gasteiger partial charge on any atom is -0.315 e. The average Bonchev–Trinajstić information content (AvgIpc) is 2.65. The van der Waals surface area contributed by atoms with Crippen molar-refractivity contribution in [3.8, 4) is 0 Å². The number of aromatic nitrogens is 3. The molecule has 0 radical (unpaired) electrons. The van der Waals surface area contributed by atoms with Crippen molar-refractivity contribution in [2.75, 3.05) is 13.1 Å². The summed E-state index contributed by atoms with van der Waals surface area (Å²) in [5.74, 6) is 0. The van der Waals surface area contributed by atoms with Gasteiger partial charge in [-0.3, -0.25) is 4.40 Å². The molecule has 0 fully saturated rings. The maximum atomic E-state index is 12.0. The highest BCUT2D eigenvalue weighted by Gasteiger charge is 2.09. The van der Waals surface area contributed by atoms with Crippen LogP contribution in [0.4, 0.5) is 0 Å². The van der Waals surface area contributed by atoms with E-state index in [1.807, 2.05) is 18.2 Å². The summed E-state index contributed by atoms with van der Waals surface area (Å²) >= 11 is 0. The Morgan fingerprint density at radius 1 is 1.26 bits per heavy atom. The van der Waals surface area contributed by atoms with Crippen molar-refractivity contribution in [2.24, 2.45) is 5.41 Å². The zero-order chi connectivity index (χ0) is 13.9. The van der Waals surface area contributed by atoms with Crippen molar-refractivity contribution >= 4 is 5.65 Å². The molecular formula is C14H22N4O. The third-order valence-corrected chi connectivity index (χ3v) is 3.04. The molecule has 1 N–H and O–H groups in total. The first-order chi connectivity index (χ1) is 8.97. The van der Waals surface area contributed by atoms with Gasteiger partial charge in [0.2, 0.25) is 0 Å². The van der Waals surface area contributed by atoms with Gasteiger partial charge in [-0.25, -0.2) is 9.48 Å². The molecule has 0 amide bonds. The van der Waals surface area contributed by atoms with E-state index in [1.165, 1.54) is 4.68 Å². The minimum atomic E-state index is -0.0757. The topological polar surface area (TPSA) is 51.3 Å². The van der Waals surface area contributed by atoms with Crippen molar-refractivity contribution in [2.45, 2.75) is 33.7 Å². The standard InChI is InChI=1S/C14H22N4O/c1-14(2,3)7-8-15-9-11-18-13(19)17-10-5-4-6-12(17)16-18/h4-6,10,15H,7-9,11H2,1-3H3. The van der Waals surface area contributed by atoms with E-state index in [4.69, 9.17) is 0 Å². The zero-order valence-corrected chi connectivity index (χ0v) is 11.9. The second-order valence-electron chi connectivity index (χ2n) is 6.00. The van der Waals surface area contributed by atoms with Gasteiger partial charge >= 0.3 is 5.69 Å². The zero-order valence-electron chi connectivity index (χ0n) is 11.9. The molecule has 0 atom stereocenters. The summed E-state index contributed by atoms with van der Waals surface area (Å²) in [6.45, 7) is 9.00. The van der Waals surface area contributed by atoms with E-state index in [0.29, 0.717) is 17.6 Å². The van der Waals surface area contributed by atoms with Gasteiger partial charge in [-0.1, -0.05) is 26.8 Å². The summed E-state index contributed by atoms with van der Waals surface area (Å²) < 4.78 is 3.08. The van der Waals surface area contributed by atoms with Crippen LogP contribution < -0.4 is 11.0 Å².